The minimum atomic E-state index is -3.50. The van der Waals surface area contributed by atoms with Crippen molar-refractivity contribution in [2.75, 3.05) is 0 Å². The lowest BCUT2D eigenvalue weighted by Crippen LogP contribution is -2.42. The van der Waals surface area contributed by atoms with Gasteiger partial charge < -0.3 is 0 Å². The van der Waals surface area contributed by atoms with E-state index >= 15 is 0 Å². The Morgan fingerprint density at radius 2 is 1.74 bits per heavy atom. The molecule has 3 nitrogen and oxygen atoms in total. The Kier molecular flexibility index (Phi) is 5.83. The molecule has 0 aromatic heterocycles. The summed E-state index contributed by atoms with van der Waals surface area (Å²) in [6, 6.07) is 6.55. The van der Waals surface area contributed by atoms with E-state index in [0.717, 1.165) is 5.56 Å². The number of rotatable bonds is 6. The van der Waals surface area contributed by atoms with Crippen molar-refractivity contribution in [1.82, 2.24) is 4.72 Å². The second-order valence-corrected chi connectivity index (χ2v) is 7.36. The smallest absolute Gasteiger partial charge is 0.207 e. The molecule has 108 valence electrons. The van der Waals surface area contributed by atoms with E-state index in [0.29, 0.717) is 6.42 Å². The summed E-state index contributed by atoms with van der Waals surface area (Å²) in [5.41, 5.74) is 1.03. The topological polar surface area (TPSA) is 46.2 Å². The Hall–Kier alpha value is -0.580. The number of alkyl halides is 1. The SMILES string of the molecule is CC[C@H](NS(=O)(=O)c1ccc(C)cc1)[C@@H](Cl)C(C)C. The molecule has 0 bridgehead atoms. The molecule has 0 aliphatic rings. The highest BCUT2D eigenvalue weighted by Gasteiger charge is 2.26. The quantitative estimate of drug-likeness (QED) is 0.820. The first-order chi connectivity index (χ1) is 8.77. The molecule has 0 spiro atoms. The van der Waals surface area contributed by atoms with Crippen molar-refractivity contribution in [3.63, 3.8) is 0 Å². The van der Waals surface area contributed by atoms with Crippen molar-refractivity contribution in [2.45, 2.75) is 50.4 Å². The van der Waals surface area contributed by atoms with Crippen LogP contribution in [0.15, 0.2) is 29.2 Å². The molecule has 0 saturated carbocycles. The Labute approximate surface area is 121 Å². The fourth-order valence-corrected chi connectivity index (χ4v) is 3.48. The second-order valence-electron chi connectivity index (χ2n) is 5.14. The van der Waals surface area contributed by atoms with Crippen LogP contribution in [0, 0.1) is 12.8 Å². The summed E-state index contributed by atoms with van der Waals surface area (Å²) in [6.07, 6.45) is 0.664. The van der Waals surface area contributed by atoms with Crippen LogP contribution in [0.4, 0.5) is 0 Å². The summed E-state index contributed by atoms with van der Waals surface area (Å²) in [5, 5.41) is -0.217. The molecule has 5 heteroatoms. The molecule has 1 rings (SSSR count). The number of benzene rings is 1. The van der Waals surface area contributed by atoms with Crippen molar-refractivity contribution < 1.29 is 8.42 Å². The molecule has 0 aliphatic heterocycles. The minimum absolute atomic E-state index is 0.215. The van der Waals surface area contributed by atoms with Gasteiger partial charge in [-0.25, -0.2) is 13.1 Å². The van der Waals surface area contributed by atoms with Gasteiger partial charge in [-0.2, -0.15) is 0 Å². The molecule has 0 radical (unpaired) electrons. The monoisotopic (exact) mass is 303 g/mol. The fraction of sp³-hybridized carbons (Fsp3) is 0.571. The number of hydrogen-bond acceptors (Lipinski definition) is 2. The van der Waals surface area contributed by atoms with E-state index in [4.69, 9.17) is 11.6 Å². The van der Waals surface area contributed by atoms with Crippen LogP contribution in [0.5, 0.6) is 0 Å². The highest BCUT2D eigenvalue weighted by atomic mass is 35.5. The van der Waals surface area contributed by atoms with Crippen LogP contribution in [0.1, 0.15) is 32.8 Å². The molecule has 2 atom stereocenters. The molecule has 0 fully saturated rings. The predicted octanol–water partition coefficient (Wildman–Crippen LogP) is 3.32. The van der Waals surface area contributed by atoms with Crippen molar-refractivity contribution in [1.29, 1.82) is 0 Å². The first kappa shape index (κ1) is 16.5. The van der Waals surface area contributed by atoms with Gasteiger partial charge in [-0.3, -0.25) is 0 Å². The average molecular weight is 304 g/mol. The van der Waals surface area contributed by atoms with Gasteiger partial charge in [-0.05, 0) is 31.4 Å². The number of sulfonamides is 1. The van der Waals surface area contributed by atoms with Crippen LogP contribution in [0.25, 0.3) is 0 Å². The van der Waals surface area contributed by atoms with E-state index in [1.165, 1.54) is 0 Å². The maximum Gasteiger partial charge on any atom is 0.240 e. The first-order valence-corrected chi connectivity index (χ1v) is 8.43. The zero-order chi connectivity index (χ0) is 14.6. The molecule has 19 heavy (non-hydrogen) atoms. The van der Waals surface area contributed by atoms with Crippen LogP contribution < -0.4 is 4.72 Å². The summed E-state index contributed by atoms with van der Waals surface area (Å²) in [4.78, 5) is 0.282. The lowest BCUT2D eigenvalue weighted by atomic mass is 10.0. The van der Waals surface area contributed by atoms with Crippen molar-refractivity contribution in [2.24, 2.45) is 5.92 Å². The molecule has 1 aromatic rings. The van der Waals surface area contributed by atoms with Crippen molar-refractivity contribution >= 4 is 21.6 Å². The second kappa shape index (κ2) is 6.73. The molecule has 0 saturated heterocycles. The van der Waals surface area contributed by atoms with Crippen LogP contribution in [0.2, 0.25) is 0 Å². The third-order valence-corrected chi connectivity index (χ3v) is 5.41. The zero-order valence-electron chi connectivity index (χ0n) is 11.9. The van der Waals surface area contributed by atoms with Crippen LogP contribution in [-0.2, 0) is 10.0 Å². The average Bonchev–Trinajstić information content (AvgIpc) is 2.35. The van der Waals surface area contributed by atoms with Gasteiger partial charge in [0.2, 0.25) is 10.0 Å². The number of nitrogens with one attached hydrogen (secondary N) is 1. The third-order valence-electron chi connectivity index (χ3n) is 3.10. The van der Waals surface area contributed by atoms with Gasteiger partial charge in [0.15, 0.2) is 0 Å². The molecular formula is C14H22ClNO2S. The van der Waals surface area contributed by atoms with Gasteiger partial charge in [0.1, 0.15) is 0 Å². The van der Waals surface area contributed by atoms with E-state index in [1.54, 1.807) is 24.3 Å². The van der Waals surface area contributed by atoms with Crippen LogP contribution >= 0.6 is 11.6 Å². The molecule has 0 aliphatic carbocycles. The number of aryl methyl sites for hydroxylation is 1. The highest BCUT2D eigenvalue weighted by molar-refractivity contribution is 7.89. The van der Waals surface area contributed by atoms with Crippen molar-refractivity contribution in [3.05, 3.63) is 29.8 Å². The molecular weight excluding hydrogens is 282 g/mol. The standard InChI is InChI=1S/C14H22ClNO2S/c1-5-13(14(15)10(2)3)16-19(17,18)12-8-6-11(4)7-9-12/h6-10,13-14,16H,5H2,1-4H3/t13-,14-/m0/s1. The van der Waals surface area contributed by atoms with Gasteiger partial charge in [0.25, 0.3) is 0 Å². The van der Waals surface area contributed by atoms with E-state index < -0.39 is 10.0 Å². The van der Waals surface area contributed by atoms with E-state index in [2.05, 4.69) is 4.72 Å². The van der Waals surface area contributed by atoms with Crippen LogP contribution in [0.3, 0.4) is 0 Å². The van der Waals surface area contributed by atoms with Crippen LogP contribution in [-0.4, -0.2) is 19.8 Å². The number of hydrogen-bond donors (Lipinski definition) is 1. The molecule has 1 N–H and O–H groups in total. The zero-order valence-corrected chi connectivity index (χ0v) is 13.4. The summed E-state index contributed by atoms with van der Waals surface area (Å²) in [6.45, 7) is 7.83. The normalized spacial score (nSPS) is 15.5. The fourth-order valence-electron chi connectivity index (χ4n) is 1.82. The Morgan fingerprint density at radius 3 is 2.16 bits per heavy atom. The molecule has 0 unspecified atom stereocenters. The first-order valence-electron chi connectivity index (χ1n) is 6.51. The summed E-state index contributed by atoms with van der Waals surface area (Å²) < 4.78 is 27.2. The predicted molar refractivity (Wildman–Crippen MR) is 80.1 cm³/mol. The third kappa shape index (κ3) is 4.48. The summed E-state index contributed by atoms with van der Waals surface area (Å²) in [7, 11) is -3.50. The Morgan fingerprint density at radius 1 is 1.21 bits per heavy atom. The van der Waals surface area contributed by atoms with Gasteiger partial charge in [-0.15, -0.1) is 11.6 Å². The summed E-state index contributed by atoms with van der Waals surface area (Å²) in [5.74, 6) is 0.215. The summed E-state index contributed by atoms with van der Waals surface area (Å²) >= 11 is 6.27. The lowest BCUT2D eigenvalue weighted by molar-refractivity contribution is 0.458. The van der Waals surface area contributed by atoms with Gasteiger partial charge in [-0.1, -0.05) is 38.5 Å². The number of halogens is 1. The Bertz CT molecular complexity index is 497. The minimum Gasteiger partial charge on any atom is -0.207 e. The van der Waals surface area contributed by atoms with E-state index in [9.17, 15) is 8.42 Å². The molecule has 1 aromatic carbocycles. The largest absolute Gasteiger partial charge is 0.240 e. The van der Waals surface area contributed by atoms with Gasteiger partial charge >= 0.3 is 0 Å². The van der Waals surface area contributed by atoms with Gasteiger partial charge in [0.05, 0.1) is 10.3 Å². The van der Waals surface area contributed by atoms with E-state index in [-0.39, 0.29) is 22.2 Å². The molecule has 0 heterocycles. The van der Waals surface area contributed by atoms with Crippen molar-refractivity contribution in [3.8, 4) is 0 Å². The highest BCUT2D eigenvalue weighted by Crippen LogP contribution is 2.19. The molecule has 0 amide bonds. The maximum atomic E-state index is 12.3. The lowest BCUT2D eigenvalue weighted by Gasteiger charge is -2.24. The van der Waals surface area contributed by atoms with Gasteiger partial charge in [0, 0.05) is 6.04 Å². The Balaban J connectivity index is 2.92. The van der Waals surface area contributed by atoms with E-state index in [1.807, 2.05) is 27.7 Å². The maximum absolute atomic E-state index is 12.3.